The van der Waals surface area contributed by atoms with E-state index in [-0.39, 0.29) is 33.5 Å². The van der Waals surface area contributed by atoms with Gasteiger partial charge in [-0.15, -0.1) is 0 Å². The first kappa shape index (κ1) is 13.6. The molecule has 18 heavy (non-hydrogen) atoms. The second kappa shape index (κ2) is 5.03. The third kappa shape index (κ3) is 2.20. The molecule has 0 saturated carbocycles. The number of hydrogen-bond acceptors (Lipinski definition) is 4. The molecular weight excluding hydrogens is 303 g/mol. The van der Waals surface area contributed by atoms with Gasteiger partial charge in [0.05, 0.1) is 10.0 Å². The SMILES string of the molecule is CN1CC(CN)CC1c1c(O)c(O)cc(Br)c1F. The van der Waals surface area contributed by atoms with E-state index in [0.29, 0.717) is 13.0 Å². The van der Waals surface area contributed by atoms with E-state index in [1.54, 1.807) is 0 Å². The molecule has 2 unspecified atom stereocenters. The third-order valence-electron chi connectivity index (χ3n) is 3.51. The molecule has 1 aromatic carbocycles. The minimum Gasteiger partial charge on any atom is -0.504 e. The van der Waals surface area contributed by atoms with Crippen molar-refractivity contribution in [3.05, 3.63) is 21.9 Å². The summed E-state index contributed by atoms with van der Waals surface area (Å²) >= 11 is 3.04. The van der Waals surface area contributed by atoms with Crippen molar-refractivity contribution in [2.75, 3.05) is 20.1 Å². The van der Waals surface area contributed by atoms with E-state index in [1.807, 2.05) is 11.9 Å². The van der Waals surface area contributed by atoms with Crippen LogP contribution >= 0.6 is 15.9 Å². The molecule has 1 aromatic rings. The number of benzene rings is 1. The summed E-state index contributed by atoms with van der Waals surface area (Å²) in [6.07, 6.45) is 0.674. The minimum absolute atomic E-state index is 0.139. The maximum Gasteiger partial charge on any atom is 0.165 e. The average Bonchev–Trinajstić information content (AvgIpc) is 2.69. The Balaban J connectivity index is 2.45. The smallest absolute Gasteiger partial charge is 0.165 e. The lowest BCUT2D eigenvalue weighted by atomic mass is 9.98. The van der Waals surface area contributed by atoms with Gasteiger partial charge < -0.3 is 15.9 Å². The van der Waals surface area contributed by atoms with Gasteiger partial charge in [0.2, 0.25) is 0 Å². The molecule has 4 nitrogen and oxygen atoms in total. The van der Waals surface area contributed by atoms with Crippen molar-refractivity contribution in [2.45, 2.75) is 12.5 Å². The Kier molecular flexibility index (Phi) is 3.79. The van der Waals surface area contributed by atoms with Crippen LogP contribution in [-0.2, 0) is 0 Å². The molecule has 0 bridgehead atoms. The molecule has 1 aliphatic rings. The largest absolute Gasteiger partial charge is 0.504 e. The van der Waals surface area contributed by atoms with Gasteiger partial charge in [-0.1, -0.05) is 0 Å². The Labute approximate surface area is 113 Å². The summed E-state index contributed by atoms with van der Waals surface area (Å²) in [6, 6.07) is 0.894. The number of likely N-dealkylation sites (tertiary alicyclic amines) is 1. The maximum atomic E-state index is 14.1. The Morgan fingerprint density at radius 2 is 2.22 bits per heavy atom. The highest BCUT2D eigenvalue weighted by molar-refractivity contribution is 9.10. The van der Waals surface area contributed by atoms with Crippen LogP contribution < -0.4 is 5.73 Å². The zero-order valence-electron chi connectivity index (χ0n) is 10.0. The molecule has 4 N–H and O–H groups in total. The normalized spacial score (nSPS) is 24.7. The van der Waals surface area contributed by atoms with Crippen molar-refractivity contribution in [2.24, 2.45) is 11.7 Å². The fraction of sp³-hybridized carbons (Fsp3) is 0.500. The summed E-state index contributed by atoms with van der Waals surface area (Å²) in [5.74, 6) is -0.951. The van der Waals surface area contributed by atoms with Crippen molar-refractivity contribution in [3.8, 4) is 11.5 Å². The standard InChI is InChI=1S/C12H16BrFN2O2/c1-16-5-6(4-15)2-8(16)10-11(14)7(13)3-9(17)12(10)18/h3,6,8,17-18H,2,4-5,15H2,1H3. The monoisotopic (exact) mass is 318 g/mol. The molecule has 1 aliphatic heterocycles. The number of halogens is 2. The topological polar surface area (TPSA) is 69.7 Å². The summed E-state index contributed by atoms with van der Waals surface area (Å²) in [7, 11) is 1.86. The molecule has 100 valence electrons. The number of aromatic hydroxyl groups is 2. The van der Waals surface area contributed by atoms with Crippen LogP contribution in [0.4, 0.5) is 4.39 Å². The lowest BCUT2D eigenvalue weighted by Gasteiger charge is -2.22. The summed E-state index contributed by atoms with van der Waals surface area (Å²) in [5.41, 5.74) is 5.77. The second-order valence-corrected chi connectivity index (χ2v) is 5.60. The second-order valence-electron chi connectivity index (χ2n) is 4.75. The van der Waals surface area contributed by atoms with Crippen LogP contribution in [0.5, 0.6) is 11.5 Å². The van der Waals surface area contributed by atoms with Gasteiger partial charge in [-0.2, -0.15) is 0 Å². The Morgan fingerprint density at radius 3 is 2.78 bits per heavy atom. The molecule has 0 spiro atoms. The molecule has 0 radical (unpaired) electrons. The minimum atomic E-state index is -0.528. The zero-order chi connectivity index (χ0) is 13.4. The highest BCUT2D eigenvalue weighted by atomic mass is 79.9. The fourth-order valence-electron chi connectivity index (χ4n) is 2.54. The summed E-state index contributed by atoms with van der Waals surface area (Å²) in [4.78, 5) is 1.95. The fourth-order valence-corrected chi connectivity index (χ4v) is 2.97. The number of hydrogen-bond donors (Lipinski definition) is 3. The first-order chi connectivity index (χ1) is 8.45. The highest BCUT2D eigenvalue weighted by Gasteiger charge is 2.34. The van der Waals surface area contributed by atoms with Crippen molar-refractivity contribution < 1.29 is 14.6 Å². The number of nitrogens with zero attached hydrogens (tertiary/aromatic N) is 1. The van der Waals surface area contributed by atoms with Crippen molar-refractivity contribution in [1.29, 1.82) is 0 Å². The number of rotatable bonds is 2. The molecular formula is C12H16BrFN2O2. The van der Waals surface area contributed by atoms with Crippen LogP contribution in [0.2, 0.25) is 0 Å². The van der Waals surface area contributed by atoms with Gasteiger partial charge in [0.25, 0.3) is 0 Å². The van der Waals surface area contributed by atoms with E-state index in [2.05, 4.69) is 15.9 Å². The molecule has 2 atom stereocenters. The summed E-state index contributed by atoms with van der Waals surface area (Å²) < 4.78 is 14.3. The van der Waals surface area contributed by atoms with E-state index in [0.717, 1.165) is 12.6 Å². The van der Waals surface area contributed by atoms with Crippen LogP contribution in [-0.4, -0.2) is 35.3 Å². The Hall–Kier alpha value is -0.850. The molecule has 1 saturated heterocycles. The van der Waals surface area contributed by atoms with Crippen LogP contribution in [0, 0.1) is 11.7 Å². The Morgan fingerprint density at radius 1 is 1.56 bits per heavy atom. The molecule has 0 amide bonds. The molecule has 0 aliphatic carbocycles. The van der Waals surface area contributed by atoms with E-state index < -0.39 is 5.82 Å². The van der Waals surface area contributed by atoms with Crippen molar-refractivity contribution in [3.63, 3.8) is 0 Å². The molecule has 1 heterocycles. The van der Waals surface area contributed by atoms with Gasteiger partial charge in [0.1, 0.15) is 5.82 Å². The third-order valence-corrected chi connectivity index (χ3v) is 4.09. The maximum absolute atomic E-state index is 14.1. The predicted octanol–water partition coefficient (Wildman–Crippen LogP) is 1.95. The highest BCUT2D eigenvalue weighted by Crippen LogP contribution is 2.44. The van der Waals surface area contributed by atoms with Crippen molar-refractivity contribution >= 4 is 15.9 Å². The van der Waals surface area contributed by atoms with Gasteiger partial charge >= 0.3 is 0 Å². The average molecular weight is 319 g/mol. The summed E-state index contributed by atoms with van der Waals surface area (Å²) in [5, 5.41) is 19.5. The van der Waals surface area contributed by atoms with E-state index in [1.165, 1.54) is 0 Å². The van der Waals surface area contributed by atoms with Gasteiger partial charge in [0, 0.05) is 18.7 Å². The van der Waals surface area contributed by atoms with Gasteiger partial charge in [-0.3, -0.25) is 4.90 Å². The van der Waals surface area contributed by atoms with Gasteiger partial charge in [-0.25, -0.2) is 4.39 Å². The van der Waals surface area contributed by atoms with E-state index >= 15 is 0 Å². The molecule has 6 heteroatoms. The number of phenols is 2. The van der Waals surface area contributed by atoms with E-state index in [9.17, 15) is 14.6 Å². The predicted molar refractivity (Wildman–Crippen MR) is 70.0 cm³/mol. The first-order valence-electron chi connectivity index (χ1n) is 5.75. The zero-order valence-corrected chi connectivity index (χ0v) is 11.6. The number of phenolic OH excluding ortho intramolecular Hbond substituents is 2. The van der Waals surface area contributed by atoms with E-state index in [4.69, 9.17) is 5.73 Å². The lowest BCUT2D eigenvalue weighted by Crippen LogP contribution is -2.21. The van der Waals surface area contributed by atoms with Crippen LogP contribution in [0.15, 0.2) is 10.5 Å². The van der Waals surface area contributed by atoms with Gasteiger partial charge in [-0.05, 0) is 41.9 Å². The molecule has 0 aromatic heterocycles. The Bertz CT molecular complexity index is 444. The van der Waals surface area contributed by atoms with Crippen LogP contribution in [0.3, 0.4) is 0 Å². The summed E-state index contributed by atoms with van der Waals surface area (Å²) in [6.45, 7) is 1.29. The first-order valence-corrected chi connectivity index (χ1v) is 6.55. The van der Waals surface area contributed by atoms with Crippen LogP contribution in [0.25, 0.3) is 0 Å². The molecule has 1 fully saturated rings. The lowest BCUT2D eigenvalue weighted by molar-refractivity contribution is 0.293. The van der Waals surface area contributed by atoms with Crippen molar-refractivity contribution in [1.82, 2.24) is 4.90 Å². The molecule has 2 rings (SSSR count). The van der Waals surface area contributed by atoms with Gasteiger partial charge in [0.15, 0.2) is 11.5 Å². The van der Waals surface area contributed by atoms with Crippen LogP contribution in [0.1, 0.15) is 18.0 Å². The number of nitrogens with two attached hydrogens (primary N) is 1. The quantitative estimate of drug-likeness (QED) is 0.729.